The van der Waals surface area contributed by atoms with Gasteiger partial charge in [0.05, 0.1) is 11.2 Å². The third-order valence-electron chi connectivity index (χ3n) is 4.74. The average molecular weight is 411 g/mol. The Labute approximate surface area is 177 Å². The average Bonchev–Trinajstić information content (AvgIpc) is 3.27. The molecule has 5 aromatic rings. The summed E-state index contributed by atoms with van der Waals surface area (Å²) in [6.07, 6.45) is 5.48. The van der Waals surface area contributed by atoms with Crippen LogP contribution in [0.2, 0.25) is 0 Å². The SMILES string of the molecule is Cc1cc(-c2ccc(CNc3nsc(-c4ccc5ncccc5c4)n3)cn2)ccn1. The van der Waals surface area contributed by atoms with Crippen molar-refractivity contribution in [3.63, 3.8) is 0 Å². The fourth-order valence-corrected chi connectivity index (χ4v) is 3.84. The molecule has 146 valence electrons. The Morgan fingerprint density at radius 1 is 0.900 bits per heavy atom. The highest BCUT2D eigenvalue weighted by molar-refractivity contribution is 7.09. The van der Waals surface area contributed by atoms with E-state index in [2.05, 4.69) is 47.8 Å². The standard InChI is InChI=1S/C23H18N6S/c1-15-11-18(8-10-24-15)21-6-4-16(13-26-21)14-27-23-28-22(30-29-23)19-5-7-20-17(12-19)3-2-9-25-20/h2-13H,14H2,1H3,(H,27,29). The maximum atomic E-state index is 4.63. The molecule has 0 aliphatic carbocycles. The summed E-state index contributed by atoms with van der Waals surface area (Å²) in [6, 6.07) is 18.2. The third-order valence-corrected chi connectivity index (χ3v) is 5.51. The van der Waals surface area contributed by atoms with Crippen LogP contribution in [0.15, 0.2) is 73.2 Å². The first-order chi connectivity index (χ1) is 14.7. The second kappa shape index (κ2) is 7.96. The lowest BCUT2D eigenvalue weighted by atomic mass is 10.1. The number of fused-ring (bicyclic) bond motifs is 1. The first-order valence-electron chi connectivity index (χ1n) is 9.55. The summed E-state index contributed by atoms with van der Waals surface area (Å²) < 4.78 is 4.44. The van der Waals surface area contributed by atoms with Crippen molar-refractivity contribution in [2.24, 2.45) is 0 Å². The number of rotatable bonds is 5. The van der Waals surface area contributed by atoms with Crippen LogP contribution in [-0.2, 0) is 6.54 Å². The topological polar surface area (TPSA) is 76.5 Å². The van der Waals surface area contributed by atoms with Gasteiger partial charge in [0.2, 0.25) is 5.95 Å². The van der Waals surface area contributed by atoms with Crippen molar-refractivity contribution in [3.05, 3.63) is 84.4 Å². The van der Waals surface area contributed by atoms with Gasteiger partial charge in [0, 0.05) is 47.3 Å². The van der Waals surface area contributed by atoms with Gasteiger partial charge >= 0.3 is 0 Å². The summed E-state index contributed by atoms with van der Waals surface area (Å²) in [5, 5.41) is 5.25. The number of pyridine rings is 3. The molecule has 0 radical (unpaired) electrons. The van der Waals surface area contributed by atoms with Crippen LogP contribution in [-0.4, -0.2) is 24.3 Å². The Balaban J connectivity index is 1.27. The monoisotopic (exact) mass is 410 g/mol. The van der Waals surface area contributed by atoms with E-state index in [4.69, 9.17) is 0 Å². The lowest BCUT2D eigenvalue weighted by Gasteiger charge is -2.05. The van der Waals surface area contributed by atoms with Gasteiger partial charge in [-0.1, -0.05) is 12.1 Å². The maximum absolute atomic E-state index is 4.63. The number of nitrogens with zero attached hydrogens (tertiary/aromatic N) is 5. The van der Waals surface area contributed by atoms with Gasteiger partial charge in [0.15, 0.2) is 0 Å². The fourth-order valence-electron chi connectivity index (χ4n) is 3.21. The zero-order valence-electron chi connectivity index (χ0n) is 16.3. The van der Waals surface area contributed by atoms with Crippen LogP contribution in [0.1, 0.15) is 11.3 Å². The Bertz CT molecular complexity index is 1310. The van der Waals surface area contributed by atoms with E-state index in [9.17, 15) is 0 Å². The van der Waals surface area contributed by atoms with Crippen molar-refractivity contribution in [2.45, 2.75) is 13.5 Å². The van der Waals surface area contributed by atoms with Crippen LogP contribution in [0, 0.1) is 6.92 Å². The second-order valence-corrected chi connectivity index (χ2v) is 7.68. The van der Waals surface area contributed by atoms with Gasteiger partial charge in [0.25, 0.3) is 0 Å². The molecule has 5 rings (SSSR count). The maximum Gasteiger partial charge on any atom is 0.235 e. The van der Waals surface area contributed by atoms with Crippen molar-refractivity contribution in [3.8, 4) is 21.8 Å². The predicted molar refractivity (Wildman–Crippen MR) is 120 cm³/mol. The van der Waals surface area contributed by atoms with Crippen molar-refractivity contribution < 1.29 is 0 Å². The van der Waals surface area contributed by atoms with Crippen molar-refractivity contribution in [1.82, 2.24) is 24.3 Å². The Morgan fingerprint density at radius 2 is 1.87 bits per heavy atom. The van der Waals surface area contributed by atoms with Crippen LogP contribution in [0.3, 0.4) is 0 Å². The van der Waals surface area contributed by atoms with E-state index in [1.807, 2.05) is 49.5 Å². The van der Waals surface area contributed by atoms with Crippen LogP contribution < -0.4 is 5.32 Å². The van der Waals surface area contributed by atoms with E-state index < -0.39 is 0 Å². The van der Waals surface area contributed by atoms with Crippen LogP contribution in [0.25, 0.3) is 32.7 Å². The molecule has 1 N–H and O–H groups in total. The summed E-state index contributed by atoms with van der Waals surface area (Å²) in [4.78, 5) is 17.8. The molecule has 0 aliphatic rings. The summed E-state index contributed by atoms with van der Waals surface area (Å²) in [6.45, 7) is 2.59. The molecular formula is C23H18N6S. The minimum absolute atomic E-state index is 0.612. The number of aryl methyl sites for hydroxylation is 1. The van der Waals surface area contributed by atoms with Crippen molar-refractivity contribution >= 4 is 28.4 Å². The molecular weight excluding hydrogens is 392 g/mol. The Kier molecular flexibility index (Phi) is 4.86. The molecule has 0 spiro atoms. The van der Waals surface area contributed by atoms with E-state index in [0.29, 0.717) is 12.5 Å². The second-order valence-electron chi connectivity index (χ2n) is 6.93. The van der Waals surface area contributed by atoms with Gasteiger partial charge in [-0.3, -0.25) is 15.0 Å². The van der Waals surface area contributed by atoms with E-state index >= 15 is 0 Å². The van der Waals surface area contributed by atoms with Gasteiger partial charge in [-0.15, -0.1) is 0 Å². The van der Waals surface area contributed by atoms with Gasteiger partial charge in [-0.2, -0.15) is 9.36 Å². The number of benzene rings is 1. The molecule has 0 amide bonds. The van der Waals surface area contributed by atoms with E-state index in [1.54, 1.807) is 12.4 Å². The number of aromatic nitrogens is 5. The number of anilines is 1. The fraction of sp³-hybridized carbons (Fsp3) is 0.0870. The van der Waals surface area contributed by atoms with E-state index in [-0.39, 0.29) is 0 Å². The first kappa shape index (κ1) is 18.3. The highest BCUT2D eigenvalue weighted by atomic mass is 32.1. The minimum Gasteiger partial charge on any atom is -0.349 e. The van der Waals surface area contributed by atoms with Crippen LogP contribution >= 0.6 is 11.5 Å². The molecule has 0 saturated carbocycles. The molecule has 0 fully saturated rings. The lowest BCUT2D eigenvalue weighted by molar-refractivity contribution is 1.08. The van der Waals surface area contributed by atoms with Gasteiger partial charge in [-0.25, -0.2) is 0 Å². The lowest BCUT2D eigenvalue weighted by Crippen LogP contribution is -2.01. The zero-order chi connectivity index (χ0) is 20.3. The summed E-state index contributed by atoms with van der Waals surface area (Å²) in [5.41, 5.74) is 6.06. The Hall–Kier alpha value is -3.71. The summed E-state index contributed by atoms with van der Waals surface area (Å²) in [5.74, 6) is 0.620. The summed E-state index contributed by atoms with van der Waals surface area (Å²) >= 11 is 1.38. The largest absolute Gasteiger partial charge is 0.349 e. The molecule has 0 saturated heterocycles. The molecule has 0 bridgehead atoms. The number of hydrogen-bond acceptors (Lipinski definition) is 7. The predicted octanol–water partition coefficient (Wildman–Crippen LogP) is 5.13. The number of hydrogen-bond donors (Lipinski definition) is 1. The number of nitrogens with one attached hydrogen (secondary N) is 1. The molecule has 1 aromatic carbocycles. The van der Waals surface area contributed by atoms with Crippen molar-refractivity contribution in [2.75, 3.05) is 5.32 Å². The van der Waals surface area contributed by atoms with Gasteiger partial charge < -0.3 is 5.32 Å². The highest BCUT2D eigenvalue weighted by Crippen LogP contribution is 2.26. The van der Waals surface area contributed by atoms with E-state index in [0.717, 1.165) is 44.0 Å². The van der Waals surface area contributed by atoms with Crippen molar-refractivity contribution in [1.29, 1.82) is 0 Å². The quantitative estimate of drug-likeness (QED) is 0.433. The molecule has 7 heteroatoms. The zero-order valence-corrected chi connectivity index (χ0v) is 17.1. The van der Waals surface area contributed by atoms with E-state index in [1.165, 1.54) is 11.5 Å². The summed E-state index contributed by atoms with van der Waals surface area (Å²) in [7, 11) is 0. The Morgan fingerprint density at radius 3 is 2.73 bits per heavy atom. The van der Waals surface area contributed by atoms with Gasteiger partial charge in [-0.05, 0) is 66.5 Å². The van der Waals surface area contributed by atoms with Gasteiger partial charge in [0.1, 0.15) is 5.01 Å². The molecule has 0 aliphatic heterocycles. The normalized spacial score (nSPS) is 11.0. The molecule has 4 aromatic heterocycles. The van der Waals surface area contributed by atoms with Crippen LogP contribution in [0.4, 0.5) is 5.95 Å². The molecule has 4 heterocycles. The third kappa shape index (κ3) is 3.88. The first-order valence-corrected chi connectivity index (χ1v) is 10.3. The molecule has 30 heavy (non-hydrogen) atoms. The smallest absolute Gasteiger partial charge is 0.235 e. The molecule has 6 nitrogen and oxygen atoms in total. The highest BCUT2D eigenvalue weighted by Gasteiger charge is 2.08. The minimum atomic E-state index is 0.612. The van der Waals surface area contributed by atoms with Crippen LogP contribution in [0.5, 0.6) is 0 Å². The molecule has 0 unspecified atom stereocenters. The molecule has 0 atom stereocenters.